The van der Waals surface area contributed by atoms with Gasteiger partial charge in [-0.1, -0.05) is 52.8 Å². The predicted molar refractivity (Wildman–Crippen MR) is 66.5 cm³/mol. The fourth-order valence-electron chi connectivity index (χ4n) is 1.68. The normalized spacial score (nSPS) is 12.0. The largest absolute Gasteiger partial charge is 0.0668 e. The Morgan fingerprint density at radius 1 is 0.643 bits per heavy atom. The first-order valence-electron chi connectivity index (χ1n) is 4.53. The van der Waals surface area contributed by atoms with Crippen LogP contribution in [0, 0.1) is 0 Å². The van der Waals surface area contributed by atoms with Crippen molar-refractivity contribution in [1.82, 2.24) is 0 Å². The summed E-state index contributed by atoms with van der Waals surface area (Å²) in [5.74, 6) is 4.41. The third-order valence-electron chi connectivity index (χ3n) is 2.34. The molecule has 0 bridgehead atoms. The van der Waals surface area contributed by atoms with Gasteiger partial charge < -0.3 is 0 Å². The van der Waals surface area contributed by atoms with Gasteiger partial charge in [0, 0.05) is 10.2 Å². The van der Waals surface area contributed by atoms with Crippen LogP contribution in [-0.2, 0) is 0 Å². The maximum atomic E-state index is 2.22. The minimum Gasteiger partial charge on any atom is -0.0668 e. The molecule has 0 N–H and O–H groups in total. The van der Waals surface area contributed by atoms with Crippen molar-refractivity contribution in [3.8, 4) is 0 Å². The Morgan fingerprint density at radius 2 is 1.14 bits per heavy atom. The lowest BCUT2D eigenvalue weighted by molar-refractivity contribution is 1.89. The number of hydrogen-bond acceptors (Lipinski definition) is 0. The van der Waals surface area contributed by atoms with Crippen LogP contribution in [0.2, 0.25) is 0 Å². The van der Waals surface area contributed by atoms with Crippen LogP contribution in [0.25, 0.3) is 21.0 Å². The van der Waals surface area contributed by atoms with Crippen molar-refractivity contribution >= 4 is 37.4 Å². The molecular weight excluding hydrogens is 206 g/mol. The van der Waals surface area contributed by atoms with Crippen molar-refractivity contribution in [2.24, 2.45) is 0 Å². The highest BCUT2D eigenvalue weighted by molar-refractivity contribution is 7.43. The van der Waals surface area contributed by atoms with E-state index in [-0.39, 0.29) is 0 Å². The predicted octanol–water partition coefficient (Wildman–Crippen LogP) is 5.15. The molecule has 3 rings (SSSR count). The average molecular weight is 214 g/mol. The highest BCUT2D eigenvalue weighted by atomic mass is 31.0. The van der Waals surface area contributed by atoms with E-state index in [0.29, 0.717) is 0 Å². The lowest BCUT2D eigenvalue weighted by Crippen LogP contribution is -1.69. The van der Waals surface area contributed by atoms with Crippen molar-refractivity contribution in [3.63, 3.8) is 0 Å². The number of hydrogen-bond donors (Lipinski definition) is 0. The van der Waals surface area contributed by atoms with Gasteiger partial charge in [-0.25, -0.2) is 0 Å². The molecule has 0 saturated carbocycles. The Morgan fingerprint density at radius 3 is 1.64 bits per heavy atom. The second kappa shape index (κ2) is 3.31. The van der Waals surface area contributed by atoms with E-state index in [4.69, 9.17) is 0 Å². The Bertz CT molecular complexity index is 547. The van der Waals surface area contributed by atoms with Crippen LogP contribution < -0.4 is 0 Å². The van der Waals surface area contributed by atoms with E-state index in [1.54, 1.807) is 0 Å². The van der Waals surface area contributed by atoms with Gasteiger partial charge >= 0.3 is 0 Å². The van der Waals surface area contributed by atoms with Crippen molar-refractivity contribution in [2.75, 3.05) is 0 Å². The summed E-state index contributed by atoms with van der Waals surface area (Å²) >= 11 is 0. The molecular formula is C12H8P2. The topological polar surface area (TPSA) is 0 Å². The molecule has 0 radical (unpaired) electrons. The molecule has 1 aromatic carbocycles. The summed E-state index contributed by atoms with van der Waals surface area (Å²) in [6.45, 7) is 0. The van der Waals surface area contributed by atoms with Crippen LogP contribution >= 0.6 is 16.4 Å². The zero-order chi connectivity index (χ0) is 9.38. The molecule has 66 valence electrons. The Labute approximate surface area is 85.8 Å². The molecule has 0 nitrogen and oxygen atoms in total. The van der Waals surface area contributed by atoms with Crippen molar-refractivity contribution in [2.45, 2.75) is 0 Å². The van der Waals surface area contributed by atoms with Crippen LogP contribution in [0.3, 0.4) is 0 Å². The molecule has 0 aliphatic rings. The maximum Gasteiger partial charge on any atom is 0.0215 e. The SMILES string of the molecule is c1cpc2c(c1)ccc1cccpc12. The Hall–Kier alpha value is -0.960. The average Bonchev–Trinajstić information content (AvgIpc) is 2.29. The van der Waals surface area contributed by atoms with Crippen LogP contribution in [-0.4, -0.2) is 0 Å². The third kappa shape index (κ3) is 1.23. The number of benzene rings is 1. The summed E-state index contributed by atoms with van der Waals surface area (Å²) in [5.41, 5.74) is 0. The fourth-order valence-corrected chi connectivity index (χ4v) is 3.77. The van der Waals surface area contributed by atoms with Gasteiger partial charge in [0.2, 0.25) is 0 Å². The lowest BCUT2D eigenvalue weighted by atomic mass is 10.2. The molecule has 0 unspecified atom stereocenters. The van der Waals surface area contributed by atoms with E-state index in [9.17, 15) is 0 Å². The molecule has 2 aromatic heterocycles. The first-order valence-corrected chi connectivity index (χ1v) is 6.46. The quantitative estimate of drug-likeness (QED) is 0.454. The molecule has 14 heavy (non-hydrogen) atoms. The molecule has 3 aromatic rings. The van der Waals surface area contributed by atoms with Crippen molar-refractivity contribution in [3.05, 3.63) is 48.0 Å². The van der Waals surface area contributed by atoms with Crippen LogP contribution in [0.15, 0.2) is 48.0 Å². The smallest absolute Gasteiger partial charge is 0.0215 e. The fraction of sp³-hybridized carbons (Fsp3) is 0. The Kier molecular flexibility index (Phi) is 1.98. The van der Waals surface area contributed by atoms with Gasteiger partial charge in [0.1, 0.15) is 0 Å². The van der Waals surface area contributed by atoms with Gasteiger partial charge in [0.15, 0.2) is 0 Å². The molecule has 0 atom stereocenters. The monoisotopic (exact) mass is 214 g/mol. The highest BCUT2D eigenvalue weighted by Crippen LogP contribution is 2.35. The summed E-state index contributed by atoms with van der Waals surface area (Å²) in [5, 5.41) is 5.72. The summed E-state index contributed by atoms with van der Waals surface area (Å²) in [6.07, 6.45) is 0. The molecule has 2 heteroatoms. The molecule has 0 amide bonds. The van der Waals surface area contributed by atoms with Gasteiger partial charge in [0.05, 0.1) is 0 Å². The molecule has 2 heterocycles. The van der Waals surface area contributed by atoms with Gasteiger partial charge in [-0.05, 0) is 22.4 Å². The second-order valence-electron chi connectivity index (χ2n) is 3.22. The summed E-state index contributed by atoms with van der Waals surface area (Å²) in [6, 6.07) is 13.1. The van der Waals surface area contributed by atoms with E-state index < -0.39 is 0 Å². The van der Waals surface area contributed by atoms with Crippen molar-refractivity contribution < 1.29 is 0 Å². The van der Waals surface area contributed by atoms with Crippen LogP contribution in [0.1, 0.15) is 0 Å². The van der Waals surface area contributed by atoms with E-state index in [0.717, 1.165) is 0 Å². The summed E-state index contributed by atoms with van der Waals surface area (Å²) in [4.78, 5) is 0. The van der Waals surface area contributed by atoms with Crippen LogP contribution in [0.4, 0.5) is 0 Å². The van der Waals surface area contributed by atoms with Gasteiger partial charge in [-0.15, -0.1) is 0 Å². The summed E-state index contributed by atoms with van der Waals surface area (Å²) < 4.78 is 0. The first-order chi connectivity index (χ1) is 6.95. The number of rotatable bonds is 0. The van der Waals surface area contributed by atoms with E-state index >= 15 is 0 Å². The second-order valence-corrected chi connectivity index (χ2v) is 5.22. The van der Waals surface area contributed by atoms with E-state index in [1.165, 1.54) is 37.4 Å². The maximum absolute atomic E-state index is 2.22. The lowest BCUT2D eigenvalue weighted by Gasteiger charge is -2.01. The van der Waals surface area contributed by atoms with E-state index in [1.807, 2.05) is 0 Å². The van der Waals surface area contributed by atoms with Crippen molar-refractivity contribution in [1.29, 1.82) is 0 Å². The van der Waals surface area contributed by atoms with Gasteiger partial charge in [0.25, 0.3) is 0 Å². The van der Waals surface area contributed by atoms with E-state index in [2.05, 4.69) is 48.0 Å². The minimum atomic E-state index is 1.33. The molecule has 0 aliphatic heterocycles. The zero-order valence-corrected chi connectivity index (χ0v) is 9.30. The molecule has 0 fully saturated rings. The third-order valence-corrected chi connectivity index (χ3v) is 4.64. The Balaban J connectivity index is 2.61. The highest BCUT2D eigenvalue weighted by Gasteiger charge is 1.98. The molecule has 0 spiro atoms. The standard InChI is InChI=1S/C12H8P2/c1-3-9-5-6-10-4-2-8-14-12(10)11(9)13-7-1/h1-8H. The minimum absolute atomic E-state index is 1.33. The molecule has 0 aliphatic carbocycles. The van der Waals surface area contributed by atoms with Gasteiger partial charge in [-0.2, -0.15) is 0 Å². The zero-order valence-electron chi connectivity index (χ0n) is 7.51. The first kappa shape index (κ1) is 8.36. The number of fused-ring (bicyclic) bond motifs is 3. The summed E-state index contributed by atoms with van der Waals surface area (Å²) in [7, 11) is 2.67. The molecule has 0 saturated heterocycles. The van der Waals surface area contributed by atoms with Crippen LogP contribution in [0.5, 0.6) is 0 Å². The van der Waals surface area contributed by atoms with Gasteiger partial charge in [-0.3, -0.25) is 0 Å².